The average Bonchev–Trinajstić information content (AvgIpc) is 2.61. The molecule has 0 aromatic carbocycles. The van der Waals surface area contributed by atoms with Gasteiger partial charge in [-0.1, -0.05) is 0 Å². The molecule has 2 aliphatic rings. The van der Waals surface area contributed by atoms with Gasteiger partial charge in [0.25, 0.3) is 0 Å². The fourth-order valence-electron chi connectivity index (χ4n) is 2.49. The SMILES string of the molecule is O=C1NC(C2CCNCC2)CC1CO. The molecule has 2 saturated heterocycles. The van der Waals surface area contributed by atoms with E-state index in [1.54, 1.807) is 0 Å². The van der Waals surface area contributed by atoms with Crippen LogP contribution in [0.5, 0.6) is 0 Å². The molecule has 0 bridgehead atoms. The molecular weight excluding hydrogens is 180 g/mol. The van der Waals surface area contributed by atoms with Crippen molar-refractivity contribution in [1.82, 2.24) is 10.6 Å². The zero-order valence-corrected chi connectivity index (χ0v) is 8.33. The minimum Gasteiger partial charge on any atom is -0.396 e. The third-order valence-corrected chi connectivity index (χ3v) is 3.41. The van der Waals surface area contributed by atoms with Crippen molar-refractivity contribution in [3.05, 3.63) is 0 Å². The number of amides is 1. The molecule has 0 saturated carbocycles. The van der Waals surface area contributed by atoms with Crippen LogP contribution in [0.3, 0.4) is 0 Å². The Hall–Kier alpha value is -0.610. The van der Waals surface area contributed by atoms with E-state index in [1.165, 1.54) is 0 Å². The second-order valence-corrected chi connectivity index (χ2v) is 4.32. The normalized spacial score (nSPS) is 34.5. The third-order valence-electron chi connectivity index (χ3n) is 3.41. The van der Waals surface area contributed by atoms with E-state index in [0.29, 0.717) is 12.0 Å². The van der Waals surface area contributed by atoms with Crippen LogP contribution in [0.4, 0.5) is 0 Å². The van der Waals surface area contributed by atoms with Crippen LogP contribution < -0.4 is 10.6 Å². The first kappa shape index (κ1) is 9.93. The Kier molecular flexibility index (Phi) is 3.03. The summed E-state index contributed by atoms with van der Waals surface area (Å²) in [5.74, 6) is 0.489. The summed E-state index contributed by atoms with van der Waals surface area (Å²) in [5, 5.41) is 15.3. The molecule has 0 aliphatic carbocycles. The van der Waals surface area contributed by atoms with E-state index >= 15 is 0 Å². The van der Waals surface area contributed by atoms with Crippen molar-refractivity contribution in [1.29, 1.82) is 0 Å². The Morgan fingerprint density at radius 1 is 1.36 bits per heavy atom. The molecule has 3 N–H and O–H groups in total. The van der Waals surface area contributed by atoms with Crippen LogP contribution in [0.15, 0.2) is 0 Å². The second-order valence-electron chi connectivity index (χ2n) is 4.32. The maximum atomic E-state index is 11.4. The molecule has 0 spiro atoms. The molecule has 0 aromatic heterocycles. The van der Waals surface area contributed by atoms with Crippen molar-refractivity contribution in [2.24, 2.45) is 11.8 Å². The first-order valence-corrected chi connectivity index (χ1v) is 5.43. The lowest BCUT2D eigenvalue weighted by Crippen LogP contribution is -2.39. The fourth-order valence-corrected chi connectivity index (χ4v) is 2.49. The number of piperidine rings is 1. The molecule has 4 nitrogen and oxygen atoms in total. The predicted molar refractivity (Wildman–Crippen MR) is 52.7 cm³/mol. The van der Waals surface area contributed by atoms with E-state index in [-0.39, 0.29) is 18.4 Å². The first-order valence-electron chi connectivity index (χ1n) is 5.43. The zero-order chi connectivity index (χ0) is 9.97. The van der Waals surface area contributed by atoms with E-state index in [0.717, 1.165) is 32.4 Å². The molecule has 0 radical (unpaired) electrons. The highest BCUT2D eigenvalue weighted by atomic mass is 16.3. The summed E-state index contributed by atoms with van der Waals surface area (Å²) in [4.78, 5) is 11.4. The van der Waals surface area contributed by atoms with Gasteiger partial charge in [-0.2, -0.15) is 0 Å². The number of carbonyl (C=O) groups excluding carboxylic acids is 1. The van der Waals surface area contributed by atoms with Crippen molar-refractivity contribution < 1.29 is 9.90 Å². The summed E-state index contributed by atoms with van der Waals surface area (Å²) in [5.41, 5.74) is 0. The van der Waals surface area contributed by atoms with Gasteiger partial charge < -0.3 is 15.7 Å². The fraction of sp³-hybridized carbons (Fsp3) is 0.900. The molecule has 14 heavy (non-hydrogen) atoms. The van der Waals surface area contributed by atoms with Gasteiger partial charge >= 0.3 is 0 Å². The summed E-state index contributed by atoms with van der Waals surface area (Å²) >= 11 is 0. The predicted octanol–water partition coefficient (Wildman–Crippen LogP) is -0.517. The van der Waals surface area contributed by atoms with Crippen LogP contribution in [0.1, 0.15) is 19.3 Å². The van der Waals surface area contributed by atoms with Crippen molar-refractivity contribution >= 4 is 5.91 Å². The maximum absolute atomic E-state index is 11.4. The summed E-state index contributed by atoms with van der Waals surface area (Å²) < 4.78 is 0. The highest BCUT2D eigenvalue weighted by Gasteiger charge is 2.36. The number of aliphatic hydroxyl groups is 1. The van der Waals surface area contributed by atoms with Gasteiger partial charge in [0, 0.05) is 6.04 Å². The zero-order valence-electron chi connectivity index (χ0n) is 8.33. The number of nitrogens with one attached hydrogen (secondary N) is 2. The molecule has 2 unspecified atom stereocenters. The van der Waals surface area contributed by atoms with Crippen LogP contribution >= 0.6 is 0 Å². The van der Waals surface area contributed by atoms with E-state index in [2.05, 4.69) is 10.6 Å². The van der Waals surface area contributed by atoms with E-state index in [1.807, 2.05) is 0 Å². The molecule has 2 aliphatic heterocycles. The van der Waals surface area contributed by atoms with E-state index in [9.17, 15) is 4.79 Å². The van der Waals surface area contributed by atoms with Crippen LogP contribution in [0.25, 0.3) is 0 Å². The third kappa shape index (κ3) is 1.91. The molecule has 0 aromatic rings. The lowest BCUT2D eigenvalue weighted by atomic mass is 9.88. The molecule has 80 valence electrons. The number of aliphatic hydroxyl groups excluding tert-OH is 1. The minimum atomic E-state index is -0.158. The lowest BCUT2D eigenvalue weighted by molar-refractivity contribution is -0.123. The number of hydrogen-bond acceptors (Lipinski definition) is 3. The van der Waals surface area contributed by atoms with Crippen molar-refractivity contribution in [3.63, 3.8) is 0 Å². The summed E-state index contributed by atoms with van der Waals surface area (Å²) in [6.07, 6.45) is 3.10. The Morgan fingerprint density at radius 3 is 2.64 bits per heavy atom. The Labute approximate surface area is 84.1 Å². The summed E-state index contributed by atoms with van der Waals surface area (Å²) in [7, 11) is 0. The van der Waals surface area contributed by atoms with Crippen molar-refractivity contribution in [3.8, 4) is 0 Å². The number of carbonyl (C=O) groups is 1. The van der Waals surface area contributed by atoms with Crippen LogP contribution in [0, 0.1) is 11.8 Å². The highest BCUT2D eigenvalue weighted by Crippen LogP contribution is 2.26. The Bertz CT molecular complexity index is 214. The average molecular weight is 198 g/mol. The van der Waals surface area contributed by atoms with Gasteiger partial charge in [0.15, 0.2) is 0 Å². The maximum Gasteiger partial charge on any atom is 0.225 e. The molecule has 1 amide bonds. The van der Waals surface area contributed by atoms with Crippen LogP contribution in [-0.4, -0.2) is 36.8 Å². The van der Waals surface area contributed by atoms with Gasteiger partial charge in [0.1, 0.15) is 0 Å². The van der Waals surface area contributed by atoms with Crippen LogP contribution in [-0.2, 0) is 4.79 Å². The molecule has 2 fully saturated rings. The summed E-state index contributed by atoms with van der Waals surface area (Å²) in [6.45, 7) is 2.11. The van der Waals surface area contributed by atoms with Gasteiger partial charge in [-0.05, 0) is 38.3 Å². The van der Waals surface area contributed by atoms with Gasteiger partial charge in [-0.15, -0.1) is 0 Å². The largest absolute Gasteiger partial charge is 0.396 e. The molecular formula is C10H18N2O2. The number of hydrogen-bond donors (Lipinski definition) is 3. The second kappa shape index (κ2) is 4.28. The van der Waals surface area contributed by atoms with Gasteiger partial charge in [0.05, 0.1) is 12.5 Å². The smallest absolute Gasteiger partial charge is 0.225 e. The molecule has 2 atom stereocenters. The number of rotatable bonds is 2. The minimum absolute atomic E-state index is 0.00664. The lowest BCUT2D eigenvalue weighted by Gasteiger charge is -2.27. The molecule has 2 rings (SSSR count). The topological polar surface area (TPSA) is 61.4 Å². The standard InChI is InChI=1S/C10H18N2O2/c13-6-8-5-9(12-10(8)14)7-1-3-11-4-2-7/h7-9,11,13H,1-6H2,(H,12,14). The highest BCUT2D eigenvalue weighted by molar-refractivity contribution is 5.81. The van der Waals surface area contributed by atoms with Gasteiger partial charge in [-0.25, -0.2) is 0 Å². The Balaban J connectivity index is 1.90. The van der Waals surface area contributed by atoms with Gasteiger partial charge in [0.2, 0.25) is 5.91 Å². The van der Waals surface area contributed by atoms with Crippen molar-refractivity contribution in [2.75, 3.05) is 19.7 Å². The summed E-state index contributed by atoms with van der Waals surface area (Å²) in [6, 6.07) is 0.307. The monoisotopic (exact) mass is 198 g/mol. The molecule has 2 heterocycles. The first-order chi connectivity index (χ1) is 6.81. The Morgan fingerprint density at radius 2 is 2.07 bits per heavy atom. The van der Waals surface area contributed by atoms with E-state index in [4.69, 9.17) is 5.11 Å². The molecule has 4 heteroatoms. The van der Waals surface area contributed by atoms with Gasteiger partial charge in [-0.3, -0.25) is 4.79 Å². The van der Waals surface area contributed by atoms with Crippen LogP contribution in [0.2, 0.25) is 0 Å². The van der Waals surface area contributed by atoms with Crippen molar-refractivity contribution in [2.45, 2.75) is 25.3 Å². The van der Waals surface area contributed by atoms with E-state index < -0.39 is 0 Å². The quantitative estimate of drug-likeness (QED) is 0.559.